The summed E-state index contributed by atoms with van der Waals surface area (Å²) in [5, 5.41) is 12.2. The summed E-state index contributed by atoms with van der Waals surface area (Å²) < 4.78 is 0. The zero-order valence-electron chi connectivity index (χ0n) is 5.76. The lowest BCUT2D eigenvalue weighted by Crippen LogP contribution is -1.83. The Kier molecular flexibility index (Phi) is 3.20. The van der Waals surface area contributed by atoms with Crippen LogP contribution in [0.25, 0.3) is 0 Å². The third-order valence-corrected chi connectivity index (χ3v) is 2.29. The van der Waals surface area contributed by atoms with Crippen LogP contribution in [-0.4, -0.2) is 11.4 Å². The summed E-state index contributed by atoms with van der Waals surface area (Å²) in [5.41, 5.74) is 0.522. The fraction of sp³-hybridized carbons (Fsp3) is 0. The topological polar surface area (TPSA) is 32.6 Å². The predicted octanol–water partition coefficient (Wildman–Crippen LogP) is 3.45. The molecule has 0 atom stereocenters. The van der Waals surface area contributed by atoms with Gasteiger partial charge in [-0.05, 0) is 12.1 Å². The Hall–Kier alpha value is -0.440. The molecule has 0 radical (unpaired) electrons. The molecule has 0 fully saturated rings. The number of halogens is 3. The molecule has 0 aromatic heterocycles. The molecule has 0 aliphatic heterocycles. The number of hydrogen-bond donors (Lipinski definition) is 1. The van der Waals surface area contributed by atoms with Gasteiger partial charge in [0.25, 0.3) is 0 Å². The van der Waals surface area contributed by atoms with Crippen molar-refractivity contribution < 1.29 is 5.21 Å². The van der Waals surface area contributed by atoms with E-state index in [2.05, 4.69) is 5.16 Å². The Balaban J connectivity index is 3.23. The highest BCUT2D eigenvalue weighted by Gasteiger charge is 2.03. The maximum absolute atomic E-state index is 8.24. The van der Waals surface area contributed by atoms with Crippen molar-refractivity contribution >= 4 is 41.0 Å². The Morgan fingerprint density at radius 3 is 2.25 bits per heavy atom. The molecule has 1 aromatic rings. The van der Waals surface area contributed by atoms with Crippen LogP contribution in [0, 0.1) is 0 Å². The summed E-state index contributed by atoms with van der Waals surface area (Å²) in [5.74, 6) is 0. The van der Waals surface area contributed by atoms with Crippen molar-refractivity contribution in [1.29, 1.82) is 0 Å². The van der Waals surface area contributed by atoms with Crippen molar-refractivity contribution in [1.82, 2.24) is 0 Å². The smallest absolute Gasteiger partial charge is 0.0749 e. The summed E-state index contributed by atoms with van der Waals surface area (Å²) >= 11 is 17.1. The Morgan fingerprint density at radius 1 is 1.08 bits per heavy atom. The van der Waals surface area contributed by atoms with Crippen molar-refractivity contribution in [3.8, 4) is 0 Å². The van der Waals surface area contributed by atoms with Gasteiger partial charge >= 0.3 is 0 Å². The first-order valence-electron chi connectivity index (χ1n) is 2.97. The van der Waals surface area contributed by atoms with Crippen molar-refractivity contribution in [2.75, 3.05) is 0 Å². The molecule has 0 heterocycles. The molecule has 1 rings (SSSR count). The number of oxime groups is 1. The number of hydrogen-bond acceptors (Lipinski definition) is 2. The number of rotatable bonds is 1. The van der Waals surface area contributed by atoms with Gasteiger partial charge in [0.2, 0.25) is 0 Å². The van der Waals surface area contributed by atoms with Gasteiger partial charge in [-0.15, -0.1) is 0 Å². The monoisotopic (exact) mass is 223 g/mol. The van der Waals surface area contributed by atoms with Gasteiger partial charge in [-0.3, -0.25) is 0 Å². The van der Waals surface area contributed by atoms with E-state index in [1.807, 2.05) is 0 Å². The first kappa shape index (κ1) is 9.65. The third-order valence-electron chi connectivity index (χ3n) is 1.24. The lowest BCUT2D eigenvalue weighted by atomic mass is 10.2. The molecular formula is C7H4Cl3NO. The molecule has 0 aliphatic carbocycles. The zero-order chi connectivity index (χ0) is 9.14. The summed E-state index contributed by atoms with van der Waals surface area (Å²) in [6, 6.07) is 3.01. The minimum absolute atomic E-state index is 0.371. The Bertz CT molecular complexity index is 325. The van der Waals surface area contributed by atoms with Gasteiger partial charge in [-0.2, -0.15) is 0 Å². The summed E-state index contributed by atoms with van der Waals surface area (Å²) in [4.78, 5) is 0. The molecule has 64 valence electrons. The van der Waals surface area contributed by atoms with E-state index in [1.165, 1.54) is 18.3 Å². The molecule has 2 nitrogen and oxygen atoms in total. The van der Waals surface area contributed by atoms with Gasteiger partial charge in [0, 0.05) is 5.56 Å². The van der Waals surface area contributed by atoms with Crippen molar-refractivity contribution in [2.45, 2.75) is 0 Å². The molecule has 0 saturated heterocycles. The standard InChI is InChI=1S/C7H4Cl3NO/c8-5-2-7(10)6(9)1-4(5)3-11-12/h1-3,12H/b11-3+. The minimum Gasteiger partial charge on any atom is -0.411 e. The average molecular weight is 224 g/mol. The molecule has 0 saturated carbocycles. The normalized spacial score (nSPS) is 10.9. The van der Waals surface area contributed by atoms with Gasteiger partial charge in [0.15, 0.2) is 0 Å². The highest BCUT2D eigenvalue weighted by atomic mass is 35.5. The van der Waals surface area contributed by atoms with Gasteiger partial charge in [-0.1, -0.05) is 40.0 Å². The Labute approximate surface area is 84.3 Å². The van der Waals surface area contributed by atoms with Gasteiger partial charge in [0.05, 0.1) is 21.3 Å². The van der Waals surface area contributed by atoms with Crippen LogP contribution in [0.4, 0.5) is 0 Å². The van der Waals surface area contributed by atoms with Crippen LogP contribution in [0.1, 0.15) is 5.56 Å². The first-order chi connectivity index (χ1) is 5.65. The van der Waals surface area contributed by atoms with Crippen LogP contribution in [0.15, 0.2) is 17.3 Å². The maximum Gasteiger partial charge on any atom is 0.0749 e. The molecule has 0 amide bonds. The van der Waals surface area contributed by atoms with Crippen molar-refractivity contribution in [3.05, 3.63) is 32.8 Å². The van der Waals surface area contributed by atoms with Crippen LogP contribution in [0.5, 0.6) is 0 Å². The maximum atomic E-state index is 8.24. The van der Waals surface area contributed by atoms with E-state index in [9.17, 15) is 0 Å². The lowest BCUT2D eigenvalue weighted by molar-refractivity contribution is 0.322. The van der Waals surface area contributed by atoms with E-state index in [0.717, 1.165) is 0 Å². The zero-order valence-corrected chi connectivity index (χ0v) is 8.03. The molecule has 0 unspecified atom stereocenters. The SMILES string of the molecule is O/N=C/c1cc(Cl)c(Cl)cc1Cl. The molecule has 0 bridgehead atoms. The van der Waals surface area contributed by atoms with Crippen LogP contribution in [0.3, 0.4) is 0 Å². The van der Waals surface area contributed by atoms with E-state index in [-0.39, 0.29) is 0 Å². The van der Waals surface area contributed by atoms with Gasteiger partial charge < -0.3 is 5.21 Å². The second kappa shape index (κ2) is 3.99. The van der Waals surface area contributed by atoms with Crippen molar-refractivity contribution in [3.63, 3.8) is 0 Å². The van der Waals surface area contributed by atoms with Gasteiger partial charge in [-0.25, -0.2) is 0 Å². The number of benzene rings is 1. The van der Waals surface area contributed by atoms with Crippen LogP contribution in [0.2, 0.25) is 15.1 Å². The fourth-order valence-electron chi connectivity index (χ4n) is 0.699. The lowest BCUT2D eigenvalue weighted by Gasteiger charge is -1.99. The molecule has 1 N–H and O–H groups in total. The molecule has 0 spiro atoms. The second-order valence-electron chi connectivity index (χ2n) is 2.03. The van der Waals surface area contributed by atoms with Crippen LogP contribution in [-0.2, 0) is 0 Å². The first-order valence-corrected chi connectivity index (χ1v) is 4.10. The van der Waals surface area contributed by atoms with E-state index < -0.39 is 0 Å². The van der Waals surface area contributed by atoms with Crippen LogP contribution >= 0.6 is 34.8 Å². The van der Waals surface area contributed by atoms with E-state index in [1.54, 1.807) is 0 Å². The fourth-order valence-corrected chi connectivity index (χ4v) is 1.30. The Morgan fingerprint density at radius 2 is 1.67 bits per heavy atom. The highest BCUT2D eigenvalue weighted by molar-refractivity contribution is 6.43. The quantitative estimate of drug-likeness (QED) is 0.337. The predicted molar refractivity (Wildman–Crippen MR) is 50.9 cm³/mol. The minimum atomic E-state index is 0.371. The summed E-state index contributed by atoms with van der Waals surface area (Å²) in [6.07, 6.45) is 1.19. The second-order valence-corrected chi connectivity index (χ2v) is 3.25. The molecule has 12 heavy (non-hydrogen) atoms. The third kappa shape index (κ3) is 2.03. The van der Waals surface area contributed by atoms with E-state index in [0.29, 0.717) is 20.6 Å². The van der Waals surface area contributed by atoms with Crippen molar-refractivity contribution in [2.24, 2.45) is 5.16 Å². The summed E-state index contributed by atoms with van der Waals surface area (Å²) in [7, 11) is 0. The van der Waals surface area contributed by atoms with E-state index in [4.69, 9.17) is 40.0 Å². The molecular weight excluding hydrogens is 220 g/mol. The summed E-state index contributed by atoms with van der Waals surface area (Å²) in [6.45, 7) is 0. The largest absolute Gasteiger partial charge is 0.411 e. The molecule has 0 aliphatic rings. The molecule has 1 aromatic carbocycles. The molecule has 5 heteroatoms. The van der Waals surface area contributed by atoms with Crippen LogP contribution < -0.4 is 0 Å². The highest BCUT2D eigenvalue weighted by Crippen LogP contribution is 2.27. The van der Waals surface area contributed by atoms with Gasteiger partial charge in [0.1, 0.15) is 0 Å². The van der Waals surface area contributed by atoms with E-state index >= 15 is 0 Å². The number of nitrogens with zero attached hydrogens (tertiary/aromatic N) is 1. The average Bonchev–Trinajstić information content (AvgIpc) is 2.01.